The molecule has 1 aromatic rings. The third-order valence-corrected chi connectivity index (χ3v) is 3.94. The molecule has 1 aliphatic rings. The summed E-state index contributed by atoms with van der Waals surface area (Å²) >= 11 is 7.81. The second-order valence-electron chi connectivity index (χ2n) is 3.71. The van der Waals surface area contributed by atoms with Crippen LogP contribution < -0.4 is 5.32 Å². The number of alkyl halides is 1. The number of rotatable bonds is 4. The third kappa shape index (κ3) is 2.36. The van der Waals surface area contributed by atoms with Gasteiger partial charge in [-0.1, -0.05) is 17.8 Å². The van der Waals surface area contributed by atoms with Crippen molar-refractivity contribution in [2.45, 2.75) is 31.6 Å². The van der Waals surface area contributed by atoms with Gasteiger partial charge in [0.15, 0.2) is 0 Å². The van der Waals surface area contributed by atoms with Crippen LogP contribution in [0.1, 0.15) is 24.3 Å². The molecule has 0 aromatic carbocycles. The summed E-state index contributed by atoms with van der Waals surface area (Å²) in [4.78, 5) is 0. The molecule has 1 N–H and O–H groups in total. The van der Waals surface area contributed by atoms with Crippen molar-refractivity contribution in [2.75, 3.05) is 11.9 Å². The van der Waals surface area contributed by atoms with Gasteiger partial charge < -0.3 is 5.32 Å². The molecule has 0 saturated heterocycles. The van der Waals surface area contributed by atoms with E-state index in [0.717, 1.165) is 16.7 Å². The monoisotopic (exact) mass is 231 g/mol. The van der Waals surface area contributed by atoms with Crippen molar-refractivity contribution >= 4 is 28.1 Å². The summed E-state index contributed by atoms with van der Waals surface area (Å²) in [6.07, 6.45) is 3.90. The van der Waals surface area contributed by atoms with Crippen molar-refractivity contribution in [3.05, 3.63) is 5.01 Å². The number of nitrogens with one attached hydrogen (secondary N) is 1. The van der Waals surface area contributed by atoms with Gasteiger partial charge in [-0.15, -0.1) is 21.8 Å². The fraction of sp³-hybridized carbons (Fsp3) is 0.778. The molecule has 0 amide bonds. The van der Waals surface area contributed by atoms with Gasteiger partial charge in [0.25, 0.3) is 0 Å². The maximum absolute atomic E-state index is 6.23. The van der Waals surface area contributed by atoms with Gasteiger partial charge in [0.1, 0.15) is 5.01 Å². The lowest BCUT2D eigenvalue weighted by molar-refractivity contribution is 0.308. The lowest BCUT2D eigenvalue weighted by Gasteiger charge is -2.29. The van der Waals surface area contributed by atoms with E-state index < -0.39 is 0 Å². The summed E-state index contributed by atoms with van der Waals surface area (Å²) in [6, 6.07) is 0. The fourth-order valence-corrected chi connectivity index (χ4v) is 2.45. The number of aromatic nitrogens is 2. The molecule has 1 aliphatic carbocycles. The first-order valence-electron chi connectivity index (χ1n) is 4.94. The highest BCUT2D eigenvalue weighted by molar-refractivity contribution is 7.15. The molecular weight excluding hydrogens is 218 g/mol. The van der Waals surface area contributed by atoms with Crippen LogP contribution in [0.3, 0.4) is 0 Å². The molecule has 0 bridgehead atoms. The van der Waals surface area contributed by atoms with Gasteiger partial charge in [-0.2, -0.15) is 0 Å². The Morgan fingerprint density at radius 2 is 2.36 bits per heavy atom. The Bertz CT molecular complexity index is 298. The molecule has 1 heterocycles. The van der Waals surface area contributed by atoms with E-state index in [4.69, 9.17) is 11.6 Å². The Kier molecular flexibility index (Phi) is 3.23. The number of hydrogen-bond acceptors (Lipinski definition) is 4. The summed E-state index contributed by atoms with van der Waals surface area (Å²) in [5, 5.41) is 13.3. The molecule has 3 nitrogen and oxygen atoms in total. The normalized spacial score (nSPS) is 19.0. The lowest BCUT2D eigenvalue weighted by Crippen LogP contribution is -2.28. The van der Waals surface area contributed by atoms with Crippen molar-refractivity contribution < 1.29 is 0 Å². The highest BCUT2D eigenvalue weighted by Crippen LogP contribution is 2.32. The summed E-state index contributed by atoms with van der Waals surface area (Å²) in [6.45, 7) is 2.76. The van der Waals surface area contributed by atoms with Gasteiger partial charge in [0.05, 0.1) is 5.38 Å². The van der Waals surface area contributed by atoms with Crippen LogP contribution in [0, 0.1) is 12.8 Å². The maximum Gasteiger partial charge on any atom is 0.205 e. The van der Waals surface area contributed by atoms with Crippen LogP contribution in [0.2, 0.25) is 0 Å². The number of halogens is 1. The molecule has 14 heavy (non-hydrogen) atoms. The van der Waals surface area contributed by atoms with Crippen molar-refractivity contribution in [1.82, 2.24) is 10.2 Å². The summed E-state index contributed by atoms with van der Waals surface area (Å²) in [7, 11) is 0. The van der Waals surface area contributed by atoms with Crippen LogP contribution in [0.5, 0.6) is 0 Å². The van der Waals surface area contributed by atoms with E-state index in [1.54, 1.807) is 11.3 Å². The number of hydrogen-bond donors (Lipinski definition) is 1. The number of aryl methyl sites for hydroxylation is 1. The predicted molar refractivity (Wildman–Crippen MR) is 60.1 cm³/mol. The Labute approximate surface area is 92.9 Å². The van der Waals surface area contributed by atoms with E-state index in [1.807, 2.05) is 6.92 Å². The molecule has 1 aromatic heterocycles. The Balaban J connectivity index is 1.76. The summed E-state index contributed by atoms with van der Waals surface area (Å²) < 4.78 is 0. The zero-order valence-electron chi connectivity index (χ0n) is 8.16. The highest BCUT2D eigenvalue weighted by atomic mass is 35.5. The molecular formula is C9H14ClN3S. The predicted octanol–water partition coefficient (Wildman–Crippen LogP) is 2.67. The van der Waals surface area contributed by atoms with Crippen LogP contribution in [0.25, 0.3) is 0 Å². The van der Waals surface area contributed by atoms with E-state index in [-0.39, 0.29) is 5.38 Å². The van der Waals surface area contributed by atoms with Crippen LogP contribution >= 0.6 is 22.9 Å². The first-order valence-corrected chi connectivity index (χ1v) is 6.19. The second-order valence-corrected chi connectivity index (χ2v) is 5.46. The van der Waals surface area contributed by atoms with Crippen LogP contribution in [-0.2, 0) is 0 Å². The van der Waals surface area contributed by atoms with Crippen molar-refractivity contribution in [3.8, 4) is 0 Å². The first kappa shape index (κ1) is 10.2. The average molecular weight is 232 g/mol. The Hall–Kier alpha value is -0.350. The fourth-order valence-electron chi connectivity index (χ4n) is 1.52. The molecule has 78 valence electrons. The quantitative estimate of drug-likeness (QED) is 0.810. The minimum atomic E-state index is 0.243. The summed E-state index contributed by atoms with van der Waals surface area (Å²) in [5.74, 6) is 0.707. The standard InChI is InChI=1S/C9H14ClN3S/c1-6-12-13-9(14-6)11-5-8(10)7-3-2-4-7/h7-8H,2-5H2,1H3,(H,11,13). The molecule has 5 heteroatoms. The van der Waals surface area contributed by atoms with Crippen LogP contribution in [0.4, 0.5) is 5.13 Å². The number of nitrogens with zero attached hydrogens (tertiary/aromatic N) is 2. The Morgan fingerprint density at radius 1 is 1.57 bits per heavy atom. The van der Waals surface area contributed by atoms with Gasteiger partial charge in [-0.05, 0) is 25.7 Å². The smallest absolute Gasteiger partial charge is 0.205 e. The molecule has 1 fully saturated rings. The minimum absolute atomic E-state index is 0.243. The zero-order valence-corrected chi connectivity index (χ0v) is 9.74. The molecule has 0 aliphatic heterocycles. The molecule has 1 unspecified atom stereocenters. The third-order valence-electron chi connectivity index (χ3n) is 2.64. The van der Waals surface area contributed by atoms with E-state index in [0.29, 0.717) is 5.92 Å². The molecule has 1 saturated carbocycles. The van der Waals surface area contributed by atoms with Crippen LogP contribution in [-0.4, -0.2) is 22.1 Å². The van der Waals surface area contributed by atoms with Gasteiger partial charge in [0.2, 0.25) is 5.13 Å². The Morgan fingerprint density at radius 3 is 2.86 bits per heavy atom. The van der Waals surface area contributed by atoms with Crippen molar-refractivity contribution in [3.63, 3.8) is 0 Å². The van der Waals surface area contributed by atoms with E-state index in [2.05, 4.69) is 15.5 Å². The second kappa shape index (κ2) is 4.45. The van der Waals surface area contributed by atoms with Crippen molar-refractivity contribution in [1.29, 1.82) is 0 Å². The topological polar surface area (TPSA) is 37.8 Å². The van der Waals surface area contributed by atoms with Gasteiger partial charge >= 0.3 is 0 Å². The van der Waals surface area contributed by atoms with E-state index in [1.165, 1.54) is 19.3 Å². The largest absolute Gasteiger partial charge is 0.359 e. The van der Waals surface area contributed by atoms with Gasteiger partial charge in [0, 0.05) is 6.54 Å². The zero-order chi connectivity index (χ0) is 9.97. The molecule has 2 rings (SSSR count). The molecule has 0 radical (unpaired) electrons. The lowest BCUT2D eigenvalue weighted by atomic mass is 9.83. The van der Waals surface area contributed by atoms with E-state index in [9.17, 15) is 0 Å². The van der Waals surface area contributed by atoms with E-state index >= 15 is 0 Å². The first-order chi connectivity index (χ1) is 6.75. The summed E-state index contributed by atoms with van der Waals surface area (Å²) in [5.41, 5.74) is 0. The average Bonchev–Trinajstić information content (AvgIpc) is 2.45. The van der Waals surface area contributed by atoms with Crippen molar-refractivity contribution in [2.24, 2.45) is 5.92 Å². The van der Waals surface area contributed by atoms with Crippen LogP contribution in [0.15, 0.2) is 0 Å². The SMILES string of the molecule is Cc1nnc(NCC(Cl)C2CCC2)s1. The van der Waals surface area contributed by atoms with Gasteiger partial charge in [-0.3, -0.25) is 0 Å². The van der Waals surface area contributed by atoms with Gasteiger partial charge in [-0.25, -0.2) is 0 Å². The minimum Gasteiger partial charge on any atom is -0.359 e. The molecule has 1 atom stereocenters. The highest BCUT2D eigenvalue weighted by Gasteiger charge is 2.25. The number of anilines is 1. The maximum atomic E-state index is 6.23. The molecule has 0 spiro atoms.